The zero-order valence-electron chi connectivity index (χ0n) is 13.2. The summed E-state index contributed by atoms with van der Waals surface area (Å²) in [6, 6.07) is 7.17. The second kappa shape index (κ2) is 11.0. The SMILES string of the molecule is CCCCOc1ccccc1C(=O)NC(=S)NCCCOC. The van der Waals surface area contributed by atoms with Crippen molar-refractivity contribution in [3.8, 4) is 5.75 Å². The molecule has 22 heavy (non-hydrogen) atoms. The molecule has 0 spiro atoms. The van der Waals surface area contributed by atoms with Crippen LogP contribution in [-0.4, -0.2) is 37.9 Å². The summed E-state index contributed by atoms with van der Waals surface area (Å²) in [5.41, 5.74) is 0.486. The predicted molar refractivity (Wildman–Crippen MR) is 91.4 cm³/mol. The maximum Gasteiger partial charge on any atom is 0.261 e. The van der Waals surface area contributed by atoms with Gasteiger partial charge in [0.2, 0.25) is 0 Å². The van der Waals surface area contributed by atoms with Crippen molar-refractivity contribution in [2.45, 2.75) is 26.2 Å². The van der Waals surface area contributed by atoms with Gasteiger partial charge in [-0.1, -0.05) is 25.5 Å². The Morgan fingerprint density at radius 2 is 2.00 bits per heavy atom. The van der Waals surface area contributed by atoms with Gasteiger partial charge in [0.1, 0.15) is 5.75 Å². The number of carbonyl (C=O) groups excluding carboxylic acids is 1. The van der Waals surface area contributed by atoms with Gasteiger partial charge in [-0.15, -0.1) is 0 Å². The topological polar surface area (TPSA) is 59.6 Å². The predicted octanol–water partition coefficient (Wildman–Crippen LogP) is 2.51. The number of benzene rings is 1. The number of unbranched alkanes of at least 4 members (excludes halogenated alkanes) is 1. The molecular formula is C16H24N2O3S. The fourth-order valence-electron chi connectivity index (χ4n) is 1.74. The number of hydrogen-bond donors (Lipinski definition) is 2. The molecule has 0 aliphatic heterocycles. The largest absolute Gasteiger partial charge is 0.493 e. The molecule has 1 rings (SSSR count). The van der Waals surface area contributed by atoms with Gasteiger partial charge in [-0.25, -0.2) is 0 Å². The lowest BCUT2D eigenvalue weighted by molar-refractivity contribution is 0.0972. The zero-order valence-corrected chi connectivity index (χ0v) is 14.0. The van der Waals surface area contributed by atoms with Crippen LogP contribution >= 0.6 is 12.2 Å². The average molecular weight is 324 g/mol. The lowest BCUT2D eigenvalue weighted by Crippen LogP contribution is -2.39. The Bertz CT molecular complexity index is 480. The quantitative estimate of drug-likeness (QED) is 0.540. The Labute approximate surface area is 137 Å². The van der Waals surface area contributed by atoms with Gasteiger partial charge in [-0.2, -0.15) is 0 Å². The summed E-state index contributed by atoms with van der Waals surface area (Å²) in [6.45, 7) is 4.00. The molecule has 0 unspecified atom stereocenters. The van der Waals surface area contributed by atoms with Crippen molar-refractivity contribution in [2.24, 2.45) is 0 Å². The number of methoxy groups -OCH3 is 1. The smallest absolute Gasteiger partial charge is 0.261 e. The maximum atomic E-state index is 12.3. The maximum absolute atomic E-state index is 12.3. The molecule has 0 aromatic heterocycles. The van der Waals surface area contributed by atoms with E-state index < -0.39 is 0 Å². The standard InChI is InChI=1S/C16H24N2O3S/c1-3-4-12-21-14-9-6-5-8-13(14)15(19)18-16(22)17-10-7-11-20-2/h5-6,8-9H,3-4,7,10-12H2,1-2H3,(H2,17,18,19,22). The van der Waals surface area contributed by atoms with Crippen molar-refractivity contribution in [3.63, 3.8) is 0 Å². The highest BCUT2D eigenvalue weighted by molar-refractivity contribution is 7.80. The average Bonchev–Trinajstić information content (AvgIpc) is 2.52. The Balaban J connectivity index is 2.52. The second-order valence-corrected chi connectivity index (χ2v) is 5.16. The van der Waals surface area contributed by atoms with E-state index in [-0.39, 0.29) is 5.91 Å². The van der Waals surface area contributed by atoms with Crippen LogP contribution in [0.1, 0.15) is 36.5 Å². The first-order valence-corrected chi connectivity index (χ1v) is 7.89. The molecule has 1 amide bonds. The van der Waals surface area contributed by atoms with E-state index in [4.69, 9.17) is 21.7 Å². The number of thiocarbonyl (C=S) groups is 1. The highest BCUT2D eigenvalue weighted by Gasteiger charge is 2.13. The van der Waals surface area contributed by atoms with E-state index in [1.54, 1.807) is 25.3 Å². The van der Waals surface area contributed by atoms with E-state index in [1.807, 2.05) is 6.07 Å². The van der Waals surface area contributed by atoms with Crippen LogP contribution in [0, 0.1) is 0 Å². The van der Waals surface area contributed by atoms with Crippen molar-refractivity contribution in [3.05, 3.63) is 29.8 Å². The Morgan fingerprint density at radius 1 is 1.23 bits per heavy atom. The Kier molecular flexibility index (Phi) is 9.18. The first-order chi connectivity index (χ1) is 10.7. The van der Waals surface area contributed by atoms with Gasteiger partial charge < -0.3 is 14.8 Å². The monoisotopic (exact) mass is 324 g/mol. The molecule has 0 heterocycles. The van der Waals surface area contributed by atoms with Gasteiger partial charge in [0.05, 0.1) is 12.2 Å². The van der Waals surface area contributed by atoms with Gasteiger partial charge in [-0.05, 0) is 37.2 Å². The van der Waals surface area contributed by atoms with Gasteiger partial charge in [0, 0.05) is 20.3 Å². The molecule has 0 saturated heterocycles. The van der Waals surface area contributed by atoms with E-state index in [1.165, 1.54) is 0 Å². The first kappa shape index (κ1) is 18.4. The van der Waals surface area contributed by atoms with Crippen molar-refractivity contribution >= 4 is 23.2 Å². The molecule has 1 aromatic carbocycles. The zero-order chi connectivity index (χ0) is 16.2. The van der Waals surface area contributed by atoms with Crippen LogP contribution in [0.5, 0.6) is 5.75 Å². The molecule has 6 heteroatoms. The molecule has 0 saturated carbocycles. The van der Waals surface area contributed by atoms with Gasteiger partial charge in [0.15, 0.2) is 5.11 Å². The minimum absolute atomic E-state index is 0.267. The summed E-state index contributed by atoms with van der Waals surface area (Å²) in [5.74, 6) is 0.312. The molecule has 0 bridgehead atoms. The van der Waals surface area contributed by atoms with E-state index >= 15 is 0 Å². The third-order valence-electron chi connectivity index (χ3n) is 2.92. The van der Waals surface area contributed by atoms with Crippen molar-refractivity contribution in [1.29, 1.82) is 0 Å². The van der Waals surface area contributed by atoms with Crippen LogP contribution < -0.4 is 15.4 Å². The Morgan fingerprint density at radius 3 is 2.73 bits per heavy atom. The number of amides is 1. The van der Waals surface area contributed by atoms with Crippen LogP contribution in [0.4, 0.5) is 0 Å². The van der Waals surface area contributed by atoms with Crippen molar-refractivity contribution < 1.29 is 14.3 Å². The number of nitrogens with one attached hydrogen (secondary N) is 2. The molecule has 5 nitrogen and oxygen atoms in total. The molecule has 0 aliphatic carbocycles. The molecule has 1 aromatic rings. The summed E-state index contributed by atoms with van der Waals surface area (Å²) < 4.78 is 10.6. The van der Waals surface area contributed by atoms with Crippen LogP contribution in [-0.2, 0) is 4.74 Å². The lowest BCUT2D eigenvalue weighted by Gasteiger charge is -2.12. The minimum atomic E-state index is -0.267. The minimum Gasteiger partial charge on any atom is -0.493 e. The van der Waals surface area contributed by atoms with E-state index in [9.17, 15) is 4.79 Å². The second-order valence-electron chi connectivity index (χ2n) is 4.75. The summed E-state index contributed by atoms with van der Waals surface area (Å²) >= 11 is 5.10. The highest BCUT2D eigenvalue weighted by atomic mass is 32.1. The molecule has 2 N–H and O–H groups in total. The van der Waals surface area contributed by atoms with Crippen LogP contribution in [0.3, 0.4) is 0 Å². The van der Waals surface area contributed by atoms with Crippen LogP contribution in [0.15, 0.2) is 24.3 Å². The number of ether oxygens (including phenoxy) is 2. The van der Waals surface area contributed by atoms with E-state index in [2.05, 4.69) is 17.6 Å². The number of para-hydroxylation sites is 1. The van der Waals surface area contributed by atoms with Gasteiger partial charge in [0.25, 0.3) is 5.91 Å². The number of rotatable bonds is 9. The Hall–Kier alpha value is -1.66. The molecule has 122 valence electrons. The highest BCUT2D eigenvalue weighted by Crippen LogP contribution is 2.18. The molecule has 0 radical (unpaired) electrons. The molecular weight excluding hydrogens is 300 g/mol. The summed E-state index contributed by atoms with van der Waals surface area (Å²) in [6.07, 6.45) is 2.82. The van der Waals surface area contributed by atoms with Crippen molar-refractivity contribution in [1.82, 2.24) is 10.6 Å². The normalized spacial score (nSPS) is 10.1. The lowest BCUT2D eigenvalue weighted by atomic mass is 10.2. The summed E-state index contributed by atoms with van der Waals surface area (Å²) in [4.78, 5) is 12.3. The van der Waals surface area contributed by atoms with Crippen molar-refractivity contribution in [2.75, 3.05) is 26.9 Å². The number of carbonyl (C=O) groups is 1. The summed E-state index contributed by atoms with van der Waals surface area (Å²) in [5, 5.41) is 5.94. The fraction of sp³-hybridized carbons (Fsp3) is 0.500. The number of hydrogen-bond acceptors (Lipinski definition) is 4. The van der Waals surface area contributed by atoms with Crippen LogP contribution in [0.2, 0.25) is 0 Å². The van der Waals surface area contributed by atoms with E-state index in [0.717, 1.165) is 19.3 Å². The molecule has 0 atom stereocenters. The first-order valence-electron chi connectivity index (χ1n) is 7.49. The van der Waals surface area contributed by atoms with E-state index in [0.29, 0.717) is 36.2 Å². The van der Waals surface area contributed by atoms with Gasteiger partial charge >= 0.3 is 0 Å². The third-order valence-corrected chi connectivity index (χ3v) is 3.17. The van der Waals surface area contributed by atoms with Gasteiger partial charge in [-0.3, -0.25) is 10.1 Å². The third kappa shape index (κ3) is 6.87. The molecule has 0 fully saturated rings. The summed E-state index contributed by atoms with van der Waals surface area (Å²) in [7, 11) is 1.65. The van der Waals surface area contributed by atoms with Crippen LogP contribution in [0.25, 0.3) is 0 Å². The molecule has 0 aliphatic rings. The fourth-order valence-corrected chi connectivity index (χ4v) is 1.93.